The molecule has 0 bridgehead atoms. The molecule has 2 rings (SSSR count). The Morgan fingerprint density at radius 3 is 2.13 bits per heavy atom. The van der Waals surface area contributed by atoms with Crippen molar-refractivity contribution in [3.8, 4) is 0 Å². The molecule has 0 fully saturated rings. The molecule has 2 aromatic rings. The van der Waals surface area contributed by atoms with Gasteiger partial charge in [-0.05, 0) is 57.0 Å². The Morgan fingerprint density at radius 1 is 0.903 bits per heavy atom. The molecule has 0 aliphatic carbocycles. The van der Waals surface area contributed by atoms with Crippen LogP contribution in [0.4, 0.5) is 20.6 Å². The van der Waals surface area contributed by atoms with E-state index in [1.165, 1.54) is 6.07 Å². The highest BCUT2D eigenvalue weighted by Gasteiger charge is 2.16. The molecule has 166 valence electrons. The van der Waals surface area contributed by atoms with E-state index in [4.69, 9.17) is 4.74 Å². The van der Waals surface area contributed by atoms with Crippen LogP contribution in [0.5, 0.6) is 0 Å². The molecule has 0 aromatic heterocycles. The molecule has 3 N–H and O–H groups in total. The Bertz CT molecular complexity index is 925. The third-order valence-electron chi connectivity index (χ3n) is 4.03. The number of carbonyl (C=O) groups excluding carboxylic acids is 3. The summed E-state index contributed by atoms with van der Waals surface area (Å²) in [6.07, 6.45) is -0.0910. The van der Waals surface area contributed by atoms with Crippen LogP contribution in [-0.2, 0) is 20.7 Å². The molecule has 31 heavy (non-hydrogen) atoms. The number of hydrogen-bond acceptors (Lipinski definition) is 4. The van der Waals surface area contributed by atoms with Gasteiger partial charge in [-0.3, -0.25) is 9.59 Å². The number of hydrogen-bond donors (Lipinski definition) is 3. The fourth-order valence-corrected chi connectivity index (χ4v) is 2.66. The van der Waals surface area contributed by atoms with Crippen LogP contribution in [-0.4, -0.2) is 30.1 Å². The largest absolute Gasteiger partial charge is 0.444 e. The number of alkyl carbamates (subject to hydrolysis) is 1. The van der Waals surface area contributed by atoms with E-state index < -0.39 is 11.7 Å². The number of ether oxygens (including phenoxy) is 1. The summed E-state index contributed by atoms with van der Waals surface area (Å²) in [5, 5.41) is 7.97. The quantitative estimate of drug-likeness (QED) is 0.584. The Labute approximate surface area is 181 Å². The Kier molecular flexibility index (Phi) is 8.54. The first-order valence-electron chi connectivity index (χ1n) is 10.0. The first-order valence-corrected chi connectivity index (χ1v) is 10.0. The van der Waals surface area contributed by atoms with E-state index in [0.717, 1.165) is 0 Å². The van der Waals surface area contributed by atoms with Crippen LogP contribution >= 0.6 is 0 Å². The summed E-state index contributed by atoms with van der Waals surface area (Å²) in [5.41, 5.74) is 0.906. The number of rotatable bonds is 8. The fraction of sp³-hybridized carbons (Fsp3) is 0.348. The summed E-state index contributed by atoms with van der Waals surface area (Å²) in [6, 6.07) is 13.0. The van der Waals surface area contributed by atoms with Gasteiger partial charge in [-0.2, -0.15) is 0 Å². The second kappa shape index (κ2) is 11.1. The van der Waals surface area contributed by atoms with E-state index in [2.05, 4.69) is 16.0 Å². The minimum Gasteiger partial charge on any atom is -0.444 e. The lowest BCUT2D eigenvalue weighted by Crippen LogP contribution is -2.34. The molecule has 0 radical (unpaired) electrons. The fourth-order valence-electron chi connectivity index (χ4n) is 2.66. The second-order valence-corrected chi connectivity index (χ2v) is 7.95. The lowest BCUT2D eigenvalue weighted by atomic mass is 10.1. The van der Waals surface area contributed by atoms with Gasteiger partial charge in [-0.1, -0.05) is 24.3 Å². The molecular weight excluding hydrogens is 401 g/mol. The maximum atomic E-state index is 13.6. The molecule has 0 spiro atoms. The minimum atomic E-state index is -0.605. The molecule has 8 heteroatoms. The van der Waals surface area contributed by atoms with Crippen LogP contribution in [0, 0.1) is 5.82 Å². The van der Waals surface area contributed by atoms with Crippen LogP contribution in [0.25, 0.3) is 0 Å². The average molecular weight is 429 g/mol. The monoisotopic (exact) mass is 429 g/mol. The van der Waals surface area contributed by atoms with Gasteiger partial charge in [0.2, 0.25) is 11.8 Å². The van der Waals surface area contributed by atoms with Crippen LogP contribution in [0.15, 0.2) is 48.5 Å². The number of benzene rings is 2. The molecule has 2 aromatic carbocycles. The molecule has 0 aliphatic heterocycles. The molecule has 0 aliphatic rings. The third kappa shape index (κ3) is 9.29. The summed E-state index contributed by atoms with van der Waals surface area (Å²) in [7, 11) is 0. The zero-order valence-electron chi connectivity index (χ0n) is 18.0. The van der Waals surface area contributed by atoms with E-state index in [0.29, 0.717) is 23.4 Å². The highest BCUT2D eigenvalue weighted by atomic mass is 19.1. The predicted molar refractivity (Wildman–Crippen MR) is 117 cm³/mol. The SMILES string of the molecule is CC(C)(C)OC(=O)NCCC(=O)Nc1cccc(NC(=O)CCc2ccccc2F)c1. The smallest absolute Gasteiger partial charge is 0.407 e. The van der Waals surface area contributed by atoms with Crippen LogP contribution < -0.4 is 16.0 Å². The van der Waals surface area contributed by atoms with Crippen molar-refractivity contribution in [2.75, 3.05) is 17.2 Å². The highest BCUT2D eigenvalue weighted by Crippen LogP contribution is 2.16. The number of halogens is 1. The maximum absolute atomic E-state index is 13.6. The molecule has 0 unspecified atom stereocenters. The van der Waals surface area contributed by atoms with Crippen molar-refractivity contribution in [2.45, 2.75) is 45.6 Å². The van der Waals surface area contributed by atoms with Crippen molar-refractivity contribution in [3.05, 3.63) is 59.9 Å². The first-order chi connectivity index (χ1) is 14.6. The minimum absolute atomic E-state index is 0.0679. The summed E-state index contributed by atoms with van der Waals surface area (Å²) >= 11 is 0. The van der Waals surface area contributed by atoms with Gasteiger partial charge in [0, 0.05) is 30.8 Å². The standard InChI is InChI=1S/C23H28FN3O4/c1-23(2,3)31-22(30)25-14-13-21(29)27-18-9-6-8-17(15-18)26-20(28)12-11-16-7-4-5-10-19(16)24/h4-10,15H,11-14H2,1-3H3,(H,25,30)(H,26,28)(H,27,29). The van der Waals surface area contributed by atoms with Crippen LogP contribution in [0.3, 0.4) is 0 Å². The van der Waals surface area contributed by atoms with Crippen molar-refractivity contribution in [2.24, 2.45) is 0 Å². The topological polar surface area (TPSA) is 96.5 Å². The average Bonchev–Trinajstić information content (AvgIpc) is 2.66. The van der Waals surface area contributed by atoms with Gasteiger partial charge in [0.15, 0.2) is 0 Å². The van der Waals surface area contributed by atoms with Gasteiger partial charge in [-0.25, -0.2) is 9.18 Å². The van der Waals surface area contributed by atoms with E-state index in [-0.39, 0.29) is 37.0 Å². The summed E-state index contributed by atoms with van der Waals surface area (Å²) in [6.45, 7) is 5.40. The normalized spacial score (nSPS) is 10.8. The lowest BCUT2D eigenvalue weighted by Gasteiger charge is -2.19. The number of amides is 3. The molecule has 0 saturated heterocycles. The summed E-state index contributed by atoms with van der Waals surface area (Å²) in [5.74, 6) is -0.881. The van der Waals surface area contributed by atoms with Gasteiger partial charge in [0.25, 0.3) is 0 Å². The summed E-state index contributed by atoms with van der Waals surface area (Å²) < 4.78 is 18.7. The van der Waals surface area contributed by atoms with Gasteiger partial charge in [0.05, 0.1) is 0 Å². The van der Waals surface area contributed by atoms with E-state index in [1.54, 1.807) is 63.2 Å². The second-order valence-electron chi connectivity index (χ2n) is 7.95. The zero-order chi connectivity index (χ0) is 22.9. The Balaban J connectivity index is 1.78. The molecule has 0 atom stereocenters. The number of aryl methyl sites for hydroxylation is 1. The van der Waals surface area contributed by atoms with E-state index >= 15 is 0 Å². The van der Waals surface area contributed by atoms with Crippen molar-refractivity contribution in [1.29, 1.82) is 0 Å². The van der Waals surface area contributed by atoms with Gasteiger partial charge >= 0.3 is 6.09 Å². The van der Waals surface area contributed by atoms with Crippen LogP contribution in [0.2, 0.25) is 0 Å². The van der Waals surface area contributed by atoms with Crippen molar-refractivity contribution < 1.29 is 23.5 Å². The molecule has 3 amide bonds. The van der Waals surface area contributed by atoms with Gasteiger partial charge in [-0.15, -0.1) is 0 Å². The van der Waals surface area contributed by atoms with E-state index in [9.17, 15) is 18.8 Å². The van der Waals surface area contributed by atoms with Crippen LogP contribution in [0.1, 0.15) is 39.2 Å². The Morgan fingerprint density at radius 2 is 1.52 bits per heavy atom. The lowest BCUT2D eigenvalue weighted by molar-refractivity contribution is -0.116. The van der Waals surface area contributed by atoms with Crippen molar-refractivity contribution >= 4 is 29.3 Å². The predicted octanol–water partition coefficient (Wildman–Crippen LogP) is 4.25. The summed E-state index contributed by atoms with van der Waals surface area (Å²) in [4.78, 5) is 35.8. The number of carbonyl (C=O) groups is 3. The maximum Gasteiger partial charge on any atom is 0.407 e. The van der Waals surface area contributed by atoms with Gasteiger partial charge in [0.1, 0.15) is 11.4 Å². The molecule has 0 saturated carbocycles. The van der Waals surface area contributed by atoms with E-state index in [1.807, 2.05) is 0 Å². The number of anilines is 2. The molecular formula is C23H28FN3O4. The van der Waals surface area contributed by atoms with Crippen molar-refractivity contribution in [1.82, 2.24) is 5.32 Å². The molecule has 7 nitrogen and oxygen atoms in total. The first kappa shape index (κ1) is 23.9. The molecule has 0 heterocycles. The Hall–Kier alpha value is -3.42. The zero-order valence-corrected chi connectivity index (χ0v) is 18.0. The van der Waals surface area contributed by atoms with Gasteiger partial charge < -0.3 is 20.7 Å². The number of nitrogens with one attached hydrogen (secondary N) is 3. The van der Waals surface area contributed by atoms with Crippen molar-refractivity contribution in [3.63, 3.8) is 0 Å². The highest BCUT2D eigenvalue weighted by molar-refractivity contribution is 5.94. The third-order valence-corrected chi connectivity index (χ3v) is 4.03.